The zero-order valence-electron chi connectivity index (χ0n) is 22.7. The van der Waals surface area contributed by atoms with Gasteiger partial charge in [-0.25, -0.2) is 33.4 Å². The molecule has 0 amide bonds. The lowest BCUT2D eigenvalue weighted by Crippen LogP contribution is -2.55. The summed E-state index contributed by atoms with van der Waals surface area (Å²) in [5, 5.41) is 48.8. The molecule has 0 spiro atoms. The molecule has 0 saturated carbocycles. The van der Waals surface area contributed by atoms with E-state index in [1.165, 1.54) is 28.9 Å². The Kier molecular flexibility index (Phi) is 8.43. The van der Waals surface area contributed by atoms with Gasteiger partial charge in [0.1, 0.15) is 29.2 Å². The van der Waals surface area contributed by atoms with E-state index in [4.69, 9.17) is 9.47 Å². The first kappa shape index (κ1) is 29.6. The number of hydrogen-bond acceptors (Lipinski definition) is 11. The summed E-state index contributed by atoms with van der Waals surface area (Å²) in [4.78, 5) is 8.27. The molecule has 43 heavy (non-hydrogen) atoms. The van der Waals surface area contributed by atoms with E-state index in [2.05, 4.69) is 30.6 Å². The number of ether oxygens (including phenoxy) is 2. The Morgan fingerprint density at radius 2 is 1.70 bits per heavy atom. The van der Waals surface area contributed by atoms with Crippen molar-refractivity contribution in [1.82, 2.24) is 40.0 Å². The number of methoxy groups -OCH3 is 1. The van der Waals surface area contributed by atoms with Crippen LogP contribution in [-0.2, 0) is 9.47 Å². The van der Waals surface area contributed by atoms with E-state index in [0.29, 0.717) is 17.1 Å². The third-order valence-corrected chi connectivity index (χ3v) is 11.4. The van der Waals surface area contributed by atoms with Crippen LogP contribution in [0.4, 0.5) is 13.2 Å². The van der Waals surface area contributed by atoms with Crippen molar-refractivity contribution in [2.75, 3.05) is 32.7 Å². The minimum atomic E-state index is -1.59. The summed E-state index contributed by atoms with van der Waals surface area (Å²) in [6.07, 6.45) is 4.93. The number of aliphatic hydroxyl groups is 3. The zero-order valence-corrected chi connectivity index (χ0v) is 23.6. The second-order valence-electron chi connectivity index (χ2n) is 10.4. The first-order chi connectivity index (χ1) is 20.8. The highest BCUT2D eigenvalue weighted by atomic mass is 32.2. The number of aromatic nitrogens is 8. The minimum Gasteiger partial charge on any atom is -0.395 e. The number of aliphatic hydroxyl groups excluding tert-OH is 3. The predicted molar refractivity (Wildman–Crippen MR) is 147 cm³/mol. The lowest BCUT2D eigenvalue weighted by atomic mass is 10.0. The van der Waals surface area contributed by atoms with Gasteiger partial charge in [-0.1, -0.05) is 10.4 Å². The summed E-state index contributed by atoms with van der Waals surface area (Å²) in [5.74, 6) is -3.97. The summed E-state index contributed by atoms with van der Waals surface area (Å²) in [7, 11) is 0.188. The van der Waals surface area contributed by atoms with Crippen LogP contribution in [0.3, 0.4) is 0 Å². The molecular formula is C26H29F3N8O5S. The maximum absolute atomic E-state index is 13.8. The van der Waals surface area contributed by atoms with Gasteiger partial charge in [0.2, 0.25) is 0 Å². The van der Waals surface area contributed by atoms with Crippen LogP contribution in [0.25, 0.3) is 22.6 Å². The van der Waals surface area contributed by atoms with Crippen molar-refractivity contribution in [3.05, 3.63) is 60.6 Å². The fraction of sp³-hybridized carbons (Fsp3) is 0.462. The van der Waals surface area contributed by atoms with Gasteiger partial charge in [-0.3, -0.25) is 9.97 Å². The number of rotatable bonds is 7. The summed E-state index contributed by atoms with van der Waals surface area (Å²) in [6, 6.07) is 0.211. The van der Waals surface area contributed by atoms with Gasteiger partial charge in [0.15, 0.2) is 17.5 Å². The lowest BCUT2D eigenvalue weighted by Gasteiger charge is -2.51. The van der Waals surface area contributed by atoms with Crippen molar-refractivity contribution >= 4 is 10.9 Å². The Bertz CT molecular complexity index is 1540. The van der Waals surface area contributed by atoms with Crippen LogP contribution in [0.2, 0.25) is 0 Å². The highest BCUT2D eigenvalue weighted by Crippen LogP contribution is 2.51. The van der Waals surface area contributed by atoms with Crippen LogP contribution in [0, 0.1) is 17.5 Å². The standard InChI is InChI=1S/C26H29F3N8O5S/c1-41-20-12-43(22-11-42-10-19(25(22)39)36-8-18(33-34-36)16-6-30-2-3-31-16)21(9-38)26(40)24(20)37-7-17(32-35-37)13-4-14(27)23(29)15(28)5-13/h2-8,19-22,24-26,38-40,43H,9-12H2,1H3/t19-,20-,21+,22+,24+,25+,26-/m0/s1. The van der Waals surface area contributed by atoms with Crippen LogP contribution in [0.5, 0.6) is 0 Å². The normalized spacial score (nSPS) is 30.4. The Balaban J connectivity index is 1.24. The molecule has 2 fully saturated rings. The van der Waals surface area contributed by atoms with Gasteiger partial charge in [0.05, 0.1) is 56.7 Å². The van der Waals surface area contributed by atoms with Crippen molar-refractivity contribution in [3.8, 4) is 22.6 Å². The van der Waals surface area contributed by atoms with Crippen LogP contribution in [0.1, 0.15) is 12.1 Å². The third-order valence-electron chi connectivity index (χ3n) is 7.99. The fourth-order valence-electron chi connectivity index (χ4n) is 5.76. The summed E-state index contributed by atoms with van der Waals surface area (Å²) < 4.78 is 55.6. The zero-order chi connectivity index (χ0) is 30.2. The third kappa shape index (κ3) is 5.51. The van der Waals surface area contributed by atoms with E-state index in [1.54, 1.807) is 18.6 Å². The van der Waals surface area contributed by atoms with Gasteiger partial charge in [-0.05, 0) is 12.1 Å². The van der Waals surface area contributed by atoms with E-state index in [0.717, 1.165) is 12.1 Å². The second kappa shape index (κ2) is 12.3. The molecule has 2 aliphatic rings. The van der Waals surface area contributed by atoms with E-state index in [-0.39, 0.29) is 31.1 Å². The molecule has 1 aromatic carbocycles. The van der Waals surface area contributed by atoms with Gasteiger partial charge in [0, 0.05) is 41.3 Å². The molecule has 3 aromatic heterocycles. The molecular weight excluding hydrogens is 593 g/mol. The molecule has 8 atom stereocenters. The maximum atomic E-state index is 13.8. The highest BCUT2D eigenvalue weighted by molar-refractivity contribution is 8.18. The molecule has 1 unspecified atom stereocenters. The number of hydrogen-bond donors (Lipinski definition) is 4. The first-order valence-corrected chi connectivity index (χ1v) is 15.1. The molecule has 0 bridgehead atoms. The molecule has 2 saturated heterocycles. The number of benzene rings is 1. The molecule has 3 N–H and O–H groups in total. The molecule has 230 valence electrons. The number of nitrogens with zero attached hydrogens (tertiary/aromatic N) is 8. The Labute approximate surface area is 245 Å². The minimum absolute atomic E-state index is 0.0352. The fourth-order valence-corrected chi connectivity index (χ4v) is 9.24. The molecule has 0 aliphatic carbocycles. The molecule has 4 aromatic rings. The van der Waals surface area contributed by atoms with Crippen molar-refractivity contribution in [1.29, 1.82) is 0 Å². The van der Waals surface area contributed by atoms with Crippen molar-refractivity contribution < 1.29 is 38.0 Å². The molecule has 6 rings (SSSR count). The van der Waals surface area contributed by atoms with E-state index >= 15 is 0 Å². The number of halogens is 3. The van der Waals surface area contributed by atoms with Gasteiger partial charge in [-0.15, -0.1) is 10.2 Å². The van der Waals surface area contributed by atoms with Crippen LogP contribution in [-0.4, -0.2) is 117 Å². The van der Waals surface area contributed by atoms with E-state index in [9.17, 15) is 28.5 Å². The van der Waals surface area contributed by atoms with E-state index < -0.39 is 69.2 Å². The Morgan fingerprint density at radius 3 is 2.40 bits per heavy atom. The van der Waals surface area contributed by atoms with Crippen LogP contribution in [0.15, 0.2) is 43.1 Å². The molecule has 0 radical (unpaired) electrons. The number of thiol groups is 1. The second-order valence-corrected chi connectivity index (χ2v) is 13.1. The van der Waals surface area contributed by atoms with Gasteiger partial charge >= 0.3 is 0 Å². The largest absolute Gasteiger partial charge is 0.395 e. The Hall–Kier alpha value is -3.48. The SMILES string of the molecule is CO[C@H]1C[SH]([C@@H]2COC[C@H](n3cc(-c4cnccn4)nn3)[C@H]2O)[C@H](CO)[C@H](O)[C@@H]1n1cc(-c2cc(F)c(F)c(F)c2)nn1. The quantitative estimate of drug-likeness (QED) is 0.169. The first-order valence-electron chi connectivity index (χ1n) is 13.4. The van der Waals surface area contributed by atoms with E-state index in [1.807, 2.05) is 0 Å². The topological polar surface area (TPSA) is 166 Å². The maximum Gasteiger partial charge on any atom is 0.194 e. The average Bonchev–Trinajstić information content (AvgIpc) is 3.71. The van der Waals surface area contributed by atoms with Gasteiger partial charge in [0.25, 0.3) is 0 Å². The summed E-state index contributed by atoms with van der Waals surface area (Å²) >= 11 is 0. The summed E-state index contributed by atoms with van der Waals surface area (Å²) in [6.45, 7) is -0.00253. The lowest BCUT2D eigenvalue weighted by molar-refractivity contribution is -0.0339. The summed E-state index contributed by atoms with van der Waals surface area (Å²) in [5.41, 5.74) is 1.03. The molecule has 5 heterocycles. The van der Waals surface area contributed by atoms with Crippen LogP contribution < -0.4 is 0 Å². The van der Waals surface area contributed by atoms with Gasteiger partial charge < -0.3 is 24.8 Å². The predicted octanol–water partition coefficient (Wildman–Crippen LogP) is 0.705. The van der Waals surface area contributed by atoms with Crippen molar-refractivity contribution in [2.45, 2.75) is 40.9 Å². The van der Waals surface area contributed by atoms with Crippen molar-refractivity contribution in [2.24, 2.45) is 0 Å². The molecule has 2 aliphatic heterocycles. The van der Waals surface area contributed by atoms with Gasteiger partial charge in [-0.2, -0.15) is 0 Å². The highest BCUT2D eigenvalue weighted by Gasteiger charge is 2.49. The van der Waals surface area contributed by atoms with Crippen molar-refractivity contribution in [3.63, 3.8) is 0 Å². The molecule has 13 nitrogen and oxygen atoms in total. The molecule has 17 heteroatoms. The smallest absolute Gasteiger partial charge is 0.194 e. The van der Waals surface area contributed by atoms with Crippen LogP contribution >= 0.6 is 10.9 Å². The average molecular weight is 623 g/mol. The monoisotopic (exact) mass is 622 g/mol. The Morgan fingerprint density at radius 1 is 0.977 bits per heavy atom.